The van der Waals surface area contributed by atoms with Crippen LogP contribution in [0.2, 0.25) is 0 Å². The highest BCUT2D eigenvalue weighted by Crippen LogP contribution is 2.25. The van der Waals surface area contributed by atoms with E-state index in [4.69, 9.17) is 0 Å². The monoisotopic (exact) mass is 1000 g/mol. The van der Waals surface area contributed by atoms with E-state index >= 15 is 0 Å². The zero-order valence-corrected chi connectivity index (χ0v) is 43.2. The standard InChI is InChI=1S/C54H64N14O6/c1-62(2)23-11-21-57-51(71)46-28-40(33-66(46)7)60-54(74)48-29-41(34-68(48)9)61-53(73)47-26-38(31-67(47)8)58-49(69)12-10-20-56-50(70)45-27-39(32-65(45)6)59-52(72)44-25-37(30-64(44)5)43-24-36(19-22-55-43)14-13-35-15-17-42(18-16-35)63(3)4/h13-19,22,24-34H,10-12,20-21,23H2,1-9H3,(H,56,70)(H,57,71)(H,58,69)(H,59,72)(H,60,74)(H,61,73)/b14-13+. The van der Waals surface area contributed by atoms with Gasteiger partial charge in [-0.2, -0.15) is 0 Å². The van der Waals surface area contributed by atoms with E-state index in [9.17, 15) is 28.8 Å². The fraction of sp³-hybridized carbons (Fsp3) is 0.278. The maximum absolute atomic E-state index is 13.5. The van der Waals surface area contributed by atoms with Crippen LogP contribution in [0.3, 0.4) is 0 Å². The Balaban J connectivity index is 0.846. The van der Waals surface area contributed by atoms with Crippen molar-refractivity contribution < 1.29 is 28.8 Å². The van der Waals surface area contributed by atoms with E-state index in [1.54, 1.807) is 119 Å². The van der Waals surface area contributed by atoms with Crippen LogP contribution in [0.4, 0.5) is 28.4 Å². The third-order valence-electron chi connectivity index (χ3n) is 12.1. The predicted octanol–water partition coefficient (Wildman–Crippen LogP) is 6.26. The van der Waals surface area contributed by atoms with Gasteiger partial charge in [-0.1, -0.05) is 24.3 Å². The molecule has 1 aromatic carbocycles. The Kier molecular flexibility index (Phi) is 16.8. The maximum atomic E-state index is 13.5. The van der Waals surface area contributed by atoms with Gasteiger partial charge in [-0.3, -0.25) is 33.8 Å². The third kappa shape index (κ3) is 13.5. The van der Waals surface area contributed by atoms with Crippen molar-refractivity contribution in [1.29, 1.82) is 0 Å². The average molecular weight is 1010 g/mol. The Hall–Kier alpha value is -8.91. The van der Waals surface area contributed by atoms with Gasteiger partial charge in [-0.25, -0.2) is 0 Å². The molecule has 6 N–H and O–H groups in total. The van der Waals surface area contributed by atoms with E-state index < -0.39 is 11.8 Å². The molecule has 0 saturated heterocycles. The zero-order chi connectivity index (χ0) is 53.2. The number of carbonyl (C=O) groups is 6. The van der Waals surface area contributed by atoms with Crippen molar-refractivity contribution in [2.24, 2.45) is 35.2 Å². The largest absolute Gasteiger partial charge is 0.378 e. The van der Waals surface area contributed by atoms with E-state index in [0.29, 0.717) is 52.8 Å². The second-order valence-corrected chi connectivity index (χ2v) is 18.6. The Morgan fingerprint density at radius 3 is 1.42 bits per heavy atom. The van der Waals surface area contributed by atoms with Crippen LogP contribution in [-0.2, 0) is 40.0 Å². The lowest BCUT2D eigenvalue weighted by Crippen LogP contribution is -2.28. The summed E-state index contributed by atoms with van der Waals surface area (Å²) in [5.41, 5.74) is 7.99. The first kappa shape index (κ1) is 52.9. The zero-order valence-electron chi connectivity index (χ0n) is 43.2. The number of hydrogen-bond donors (Lipinski definition) is 6. The molecule has 6 amide bonds. The van der Waals surface area contributed by atoms with Crippen LogP contribution >= 0.6 is 0 Å². The van der Waals surface area contributed by atoms with Gasteiger partial charge in [0.25, 0.3) is 29.5 Å². The molecule has 0 unspecified atom stereocenters. The van der Waals surface area contributed by atoms with Crippen molar-refractivity contribution >= 4 is 76.0 Å². The van der Waals surface area contributed by atoms with Gasteiger partial charge in [0.1, 0.15) is 28.5 Å². The van der Waals surface area contributed by atoms with Gasteiger partial charge in [0.2, 0.25) is 5.91 Å². The average Bonchev–Trinajstić information content (AvgIpc) is 4.19. The number of nitrogens with one attached hydrogen (secondary N) is 6. The number of rotatable bonds is 21. The van der Waals surface area contributed by atoms with Gasteiger partial charge >= 0.3 is 0 Å². The molecule has 0 atom stereocenters. The summed E-state index contributed by atoms with van der Waals surface area (Å²) >= 11 is 0. The second kappa shape index (κ2) is 23.5. The number of aromatic nitrogens is 6. The van der Waals surface area contributed by atoms with Gasteiger partial charge in [0.05, 0.1) is 28.4 Å². The number of carbonyl (C=O) groups excluding carboxylic acids is 6. The van der Waals surface area contributed by atoms with Gasteiger partial charge in [0.15, 0.2) is 0 Å². The smallest absolute Gasteiger partial charge is 0.272 e. The van der Waals surface area contributed by atoms with Crippen LogP contribution in [-0.4, -0.2) is 116 Å². The first-order valence-electron chi connectivity index (χ1n) is 24.0. The van der Waals surface area contributed by atoms with Crippen molar-refractivity contribution in [3.63, 3.8) is 0 Å². The van der Waals surface area contributed by atoms with E-state index in [1.165, 1.54) is 0 Å². The lowest BCUT2D eigenvalue weighted by Gasteiger charge is -2.11. The lowest BCUT2D eigenvalue weighted by atomic mass is 10.1. The fourth-order valence-corrected chi connectivity index (χ4v) is 8.19. The summed E-state index contributed by atoms with van der Waals surface area (Å²) in [7, 11) is 16.5. The molecule has 7 aromatic rings. The molecule has 0 aliphatic carbocycles. The van der Waals surface area contributed by atoms with E-state index in [1.807, 2.05) is 63.6 Å². The first-order chi connectivity index (χ1) is 35.3. The molecule has 0 radical (unpaired) electrons. The summed E-state index contributed by atoms with van der Waals surface area (Å²) in [6.45, 7) is 1.58. The van der Waals surface area contributed by atoms with Gasteiger partial charge in [0, 0.05) is 117 Å². The molecule has 0 saturated carbocycles. The molecule has 6 heterocycles. The number of hydrogen-bond acceptors (Lipinski definition) is 9. The molecular formula is C54H64N14O6. The van der Waals surface area contributed by atoms with Crippen LogP contribution in [0.5, 0.6) is 0 Å². The molecule has 0 fully saturated rings. The summed E-state index contributed by atoms with van der Waals surface area (Å²) in [5, 5.41) is 17.1. The molecule has 0 spiro atoms. The number of pyridine rings is 1. The molecule has 74 heavy (non-hydrogen) atoms. The minimum absolute atomic E-state index is 0.0927. The van der Waals surface area contributed by atoms with Crippen LogP contribution in [0.15, 0.2) is 104 Å². The summed E-state index contributed by atoms with van der Waals surface area (Å²) in [6.07, 6.45) is 15.4. The molecule has 0 aliphatic rings. The quantitative estimate of drug-likeness (QED) is 0.0447. The molecule has 20 nitrogen and oxygen atoms in total. The minimum atomic E-state index is -0.461. The van der Waals surface area contributed by atoms with Gasteiger partial charge < -0.3 is 64.5 Å². The number of benzene rings is 1. The number of aryl methyl sites for hydroxylation is 5. The second-order valence-electron chi connectivity index (χ2n) is 18.6. The van der Waals surface area contributed by atoms with Gasteiger partial charge in [-0.15, -0.1) is 0 Å². The predicted molar refractivity (Wildman–Crippen MR) is 290 cm³/mol. The molecule has 0 bridgehead atoms. The minimum Gasteiger partial charge on any atom is -0.378 e. The number of anilines is 5. The van der Waals surface area contributed by atoms with Crippen LogP contribution in [0, 0.1) is 0 Å². The molecular weight excluding hydrogens is 941 g/mol. The Morgan fingerprint density at radius 1 is 0.500 bits per heavy atom. The van der Waals surface area contributed by atoms with Crippen LogP contribution in [0.25, 0.3) is 23.4 Å². The molecule has 386 valence electrons. The van der Waals surface area contributed by atoms with Crippen molar-refractivity contribution in [3.05, 3.63) is 144 Å². The van der Waals surface area contributed by atoms with Crippen molar-refractivity contribution in [1.82, 2.24) is 43.4 Å². The van der Waals surface area contributed by atoms with E-state index in [2.05, 4.69) is 66.1 Å². The first-order valence-corrected chi connectivity index (χ1v) is 24.0. The third-order valence-corrected chi connectivity index (χ3v) is 12.1. The Morgan fingerprint density at radius 2 is 0.932 bits per heavy atom. The van der Waals surface area contributed by atoms with Gasteiger partial charge in [-0.05, 0) is 99.2 Å². The van der Waals surface area contributed by atoms with Crippen molar-refractivity contribution in [2.45, 2.75) is 19.3 Å². The highest BCUT2D eigenvalue weighted by atomic mass is 16.2. The van der Waals surface area contributed by atoms with E-state index in [0.717, 1.165) is 41.0 Å². The summed E-state index contributed by atoms with van der Waals surface area (Å²) in [4.78, 5) is 87.6. The summed E-state index contributed by atoms with van der Waals surface area (Å²) in [5.74, 6) is -2.17. The molecule has 6 aromatic heterocycles. The SMILES string of the molecule is CN(C)CCCNC(=O)c1cc(NC(=O)c2cc(NC(=O)c3cc(NC(=O)CCCNC(=O)c4cc(NC(=O)c5cc(-c6cc(/C=C/c7ccc(N(C)C)cc7)ccn6)cn5C)cn4C)cn3C)cn2C)cn1C. The summed E-state index contributed by atoms with van der Waals surface area (Å²) in [6, 6.07) is 20.2. The normalized spacial score (nSPS) is 11.2. The van der Waals surface area contributed by atoms with Crippen LogP contribution < -0.4 is 36.8 Å². The lowest BCUT2D eigenvalue weighted by molar-refractivity contribution is -0.116. The highest BCUT2D eigenvalue weighted by Gasteiger charge is 2.21. The Labute approximate surface area is 430 Å². The van der Waals surface area contributed by atoms with Crippen LogP contribution in [0.1, 0.15) is 82.8 Å². The summed E-state index contributed by atoms with van der Waals surface area (Å²) < 4.78 is 8.14. The molecule has 7 rings (SSSR count). The Bertz CT molecular complexity index is 3220. The molecule has 20 heteroatoms. The topological polar surface area (TPSA) is 219 Å². The fourth-order valence-electron chi connectivity index (χ4n) is 8.19. The van der Waals surface area contributed by atoms with Crippen molar-refractivity contribution in [2.75, 3.05) is 74.0 Å². The maximum Gasteiger partial charge on any atom is 0.272 e. The van der Waals surface area contributed by atoms with Crippen molar-refractivity contribution in [3.8, 4) is 11.3 Å². The highest BCUT2D eigenvalue weighted by molar-refractivity contribution is 6.08. The number of nitrogens with zero attached hydrogens (tertiary/aromatic N) is 8. The molecule has 0 aliphatic heterocycles. The number of amides is 6. The van der Waals surface area contributed by atoms with E-state index in [-0.39, 0.29) is 48.0 Å².